The van der Waals surface area contributed by atoms with E-state index in [0.717, 1.165) is 17.0 Å². The molecular weight excluding hydrogens is 312 g/mol. The van der Waals surface area contributed by atoms with Gasteiger partial charge in [-0.1, -0.05) is 54.6 Å². The van der Waals surface area contributed by atoms with Gasteiger partial charge >= 0.3 is 0 Å². The molecule has 0 aliphatic heterocycles. The molecule has 3 aromatic rings. The van der Waals surface area contributed by atoms with Crippen molar-refractivity contribution in [3.05, 3.63) is 71.1 Å². The SMILES string of the molecule is Cc1cc(-c2ccc(-c3ccccc3)cc2)nc(Br)n1. The van der Waals surface area contributed by atoms with E-state index in [1.54, 1.807) is 0 Å². The van der Waals surface area contributed by atoms with Crippen LogP contribution in [0.15, 0.2) is 65.4 Å². The van der Waals surface area contributed by atoms with Gasteiger partial charge in [0.05, 0.1) is 5.69 Å². The zero-order valence-corrected chi connectivity index (χ0v) is 12.6. The topological polar surface area (TPSA) is 25.8 Å². The minimum Gasteiger partial charge on any atom is -0.227 e. The van der Waals surface area contributed by atoms with Gasteiger partial charge in [-0.25, -0.2) is 9.97 Å². The molecule has 0 saturated carbocycles. The molecular formula is C17H13BrN2. The maximum absolute atomic E-state index is 4.41. The molecule has 1 aromatic heterocycles. The second-order valence-electron chi connectivity index (χ2n) is 4.61. The number of rotatable bonds is 2. The minimum atomic E-state index is 0.625. The van der Waals surface area contributed by atoms with E-state index in [1.165, 1.54) is 11.1 Å². The molecule has 3 rings (SSSR count). The van der Waals surface area contributed by atoms with Crippen LogP contribution in [0.1, 0.15) is 5.69 Å². The second kappa shape index (κ2) is 5.55. The fraction of sp³-hybridized carbons (Fsp3) is 0.0588. The molecule has 1 heterocycles. The van der Waals surface area contributed by atoms with Crippen molar-refractivity contribution in [3.8, 4) is 22.4 Å². The number of hydrogen-bond donors (Lipinski definition) is 0. The molecule has 0 bridgehead atoms. The van der Waals surface area contributed by atoms with Crippen LogP contribution in [0.5, 0.6) is 0 Å². The van der Waals surface area contributed by atoms with Gasteiger partial charge in [0.25, 0.3) is 0 Å². The number of benzene rings is 2. The minimum absolute atomic E-state index is 0.625. The smallest absolute Gasteiger partial charge is 0.197 e. The first-order valence-corrected chi connectivity index (χ1v) is 7.19. The normalized spacial score (nSPS) is 10.5. The van der Waals surface area contributed by atoms with Crippen molar-refractivity contribution < 1.29 is 0 Å². The van der Waals surface area contributed by atoms with Crippen molar-refractivity contribution in [2.75, 3.05) is 0 Å². The third-order valence-corrected chi connectivity index (χ3v) is 3.47. The molecule has 2 nitrogen and oxygen atoms in total. The summed E-state index contributed by atoms with van der Waals surface area (Å²) >= 11 is 3.34. The summed E-state index contributed by atoms with van der Waals surface area (Å²) in [6.45, 7) is 1.97. The number of hydrogen-bond acceptors (Lipinski definition) is 2. The third-order valence-electron chi connectivity index (χ3n) is 3.11. The lowest BCUT2D eigenvalue weighted by molar-refractivity contribution is 1.06. The van der Waals surface area contributed by atoms with E-state index in [2.05, 4.69) is 62.3 Å². The monoisotopic (exact) mass is 324 g/mol. The fourth-order valence-corrected chi connectivity index (χ4v) is 2.61. The predicted octanol–water partition coefficient (Wildman–Crippen LogP) is 4.88. The molecule has 98 valence electrons. The lowest BCUT2D eigenvalue weighted by Crippen LogP contribution is -1.91. The molecule has 0 aliphatic carbocycles. The van der Waals surface area contributed by atoms with Crippen molar-refractivity contribution in [1.82, 2.24) is 9.97 Å². The maximum atomic E-state index is 4.41. The number of nitrogens with zero attached hydrogens (tertiary/aromatic N) is 2. The Kier molecular flexibility index (Phi) is 3.61. The van der Waals surface area contributed by atoms with Gasteiger partial charge in [0.2, 0.25) is 0 Å². The number of aryl methyl sites for hydroxylation is 1. The third kappa shape index (κ3) is 2.78. The predicted molar refractivity (Wildman–Crippen MR) is 85.3 cm³/mol. The molecule has 0 aliphatic rings. The molecule has 3 heteroatoms. The van der Waals surface area contributed by atoms with E-state index in [9.17, 15) is 0 Å². The number of aromatic nitrogens is 2. The van der Waals surface area contributed by atoms with Crippen LogP contribution in [0.4, 0.5) is 0 Å². The molecule has 0 radical (unpaired) electrons. The summed E-state index contributed by atoms with van der Waals surface area (Å²) in [6.07, 6.45) is 0. The first-order valence-electron chi connectivity index (χ1n) is 6.39. The Bertz CT molecular complexity index is 701. The van der Waals surface area contributed by atoms with Crippen LogP contribution >= 0.6 is 15.9 Å². The van der Waals surface area contributed by atoms with Crippen molar-refractivity contribution in [2.24, 2.45) is 0 Å². The van der Waals surface area contributed by atoms with E-state index >= 15 is 0 Å². The second-order valence-corrected chi connectivity index (χ2v) is 5.32. The molecule has 0 atom stereocenters. The van der Waals surface area contributed by atoms with Crippen LogP contribution in [0.2, 0.25) is 0 Å². The highest BCUT2D eigenvalue weighted by atomic mass is 79.9. The van der Waals surface area contributed by atoms with Crippen LogP contribution in [0.3, 0.4) is 0 Å². The van der Waals surface area contributed by atoms with Gasteiger partial charge in [-0.2, -0.15) is 0 Å². The van der Waals surface area contributed by atoms with Crippen molar-refractivity contribution >= 4 is 15.9 Å². The molecule has 0 spiro atoms. The number of halogens is 1. The molecule has 2 aromatic carbocycles. The summed E-state index contributed by atoms with van der Waals surface area (Å²) in [7, 11) is 0. The standard InChI is InChI=1S/C17H13BrN2/c1-12-11-16(20-17(18)19-12)15-9-7-14(8-10-15)13-5-3-2-4-6-13/h2-11H,1H3. The highest BCUT2D eigenvalue weighted by Crippen LogP contribution is 2.24. The van der Waals surface area contributed by atoms with E-state index in [1.807, 2.05) is 31.2 Å². The van der Waals surface area contributed by atoms with E-state index in [-0.39, 0.29) is 0 Å². The Morgan fingerprint density at radius 2 is 1.35 bits per heavy atom. The summed E-state index contributed by atoms with van der Waals surface area (Å²) in [5.74, 6) is 0. The summed E-state index contributed by atoms with van der Waals surface area (Å²) in [5.41, 5.74) is 5.41. The molecule has 0 unspecified atom stereocenters. The van der Waals surface area contributed by atoms with Crippen LogP contribution in [-0.2, 0) is 0 Å². The van der Waals surface area contributed by atoms with Crippen molar-refractivity contribution in [3.63, 3.8) is 0 Å². The quantitative estimate of drug-likeness (QED) is 0.628. The molecule has 20 heavy (non-hydrogen) atoms. The van der Waals surface area contributed by atoms with Crippen LogP contribution in [0, 0.1) is 6.92 Å². The van der Waals surface area contributed by atoms with Crippen LogP contribution < -0.4 is 0 Å². The zero-order chi connectivity index (χ0) is 13.9. The summed E-state index contributed by atoms with van der Waals surface area (Å²) < 4.78 is 0.625. The summed E-state index contributed by atoms with van der Waals surface area (Å²) in [6, 6.07) is 20.8. The average molecular weight is 325 g/mol. The highest BCUT2D eigenvalue weighted by Gasteiger charge is 2.04. The molecule has 0 N–H and O–H groups in total. The first-order chi connectivity index (χ1) is 9.72. The van der Waals surface area contributed by atoms with Gasteiger partial charge in [0, 0.05) is 11.3 Å². The Hall–Kier alpha value is -2.00. The van der Waals surface area contributed by atoms with Gasteiger partial charge in [-0.15, -0.1) is 0 Å². The van der Waals surface area contributed by atoms with Gasteiger partial charge in [0.1, 0.15) is 0 Å². The Labute approximate surface area is 126 Å². The highest BCUT2D eigenvalue weighted by molar-refractivity contribution is 9.10. The zero-order valence-electron chi connectivity index (χ0n) is 11.0. The van der Waals surface area contributed by atoms with Crippen molar-refractivity contribution in [2.45, 2.75) is 6.92 Å². The van der Waals surface area contributed by atoms with Crippen molar-refractivity contribution in [1.29, 1.82) is 0 Å². The Balaban J connectivity index is 1.97. The first kappa shape index (κ1) is 13.0. The van der Waals surface area contributed by atoms with Gasteiger partial charge in [0.15, 0.2) is 4.73 Å². The van der Waals surface area contributed by atoms with Crippen LogP contribution in [0.25, 0.3) is 22.4 Å². The fourth-order valence-electron chi connectivity index (χ4n) is 2.14. The van der Waals surface area contributed by atoms with E-state index in [0.29, 0.717) is 4.73 Å². The maximum Gasteiger partial charge on any atom is 0.197 e. The summed E-state index contributed by atoms with van der Waals surface area (Å²) in [4.78, 5) is 8.64. The Morgan fingerprint density at radius 1 is 0.750 bits per heavy atom. The average Bonchev–Trinajstić information content (AvgIpc) is 2.47. The van der Waals surface area contributed by atoms with E-state index < -0.39 is 0 Å². The van der Waals surface area contributed by atoms with Gasteiger partial charge in [-0.3, -0.25) is 0 Å². The van der Waals surface area contributed by atoms with Gasteiger partial charge in [-0.05, 0) is 40.0 Å². The summed E-state index contributed by atoms with van der Waals surface area (Å²) in [5, 5.41) is 0. The Morgan fingerprint density at radius 3 is 2.00 bits per heavy atom. The molecule has 0 saturated heterocycles. The lowest BCUT2D eigenvalue weighted by atomic mass is 10.0. The molecule has 0 fully saturated rings. The van der Waals surface area contributed by atoms with Gasteiger partial charge < -0.3 is 0 Å². The largest absolute Gasteiger partial charge is 0.227 e. The lowest BCUT2D eigenvalue weighted by Gasteiger charge is -2.05. The van der Waals surface area contributed by atoms with Crippen LogP contribution in [-0.4, -0.2) is 9.97 Å². The molecule has 0 amide bonds. The van der Waals surface area contributed by atoms with E-state index in [4.69, 9.17) is 0 Å².